The van der Waals surface area contributed by atoms with Crippen molar-refractivity contribution < 1.29 is 0 Å². The normalized spacial score (nSPS) is 11.1. The zero-order chi connectivity index (χ0) is 12.7. The van der Waals surface area contributed by atoms with Gasteiger partial charge in [-0.3, -0.25) is 4.40 Å². The van der Waals surface area contributed by atoms with E-state index in [1.807, 2.05) is 53.9 Å². The van der Waals surface area contributed by atoms with Crippen molar-refractivity contribution in [3.05, 3.63) is 58.3 Å². The van der Waals surface area contributed by atoms with E-state index in [0.717, 1.165) is 27.6 Å². The number of aromatic nitrogens is 2. The van der Waals surface area contributed by atoms with Crippen molar-refractivity contribution in [3.8, 4) is 11.3 Å². The van der Waals surface area contributed by atoms with Crippen molar-refractivity contribution in [2.24, 2.45) is 0 Å². The zero-order valence-corrected chi connectivity index (χ0v) is 11.2. The van der Waals surface area contributed by atoms with Gasteiger partial charge in [0.25, 0.3) is 0 Å². The van der Waals surface area contributed by atoms with Gasteiger partial charge in [0.15, 0.2) is 5.65 Å². The Morgan fingerprint density at radius 1 is 1.06 bits per heavy atom. The van der Waals surface area contributed by atoms with Gasteiger partial charge in [0, 0.05) is 16.8 Å². The molecule has 90 valence electrons. The van der Waals surface area contributed by atoms with E-state index in [-0.39, 0.29) is 0 Å². The first-order valence-electron chi connectivity index (χ1n) is 5.56. The summed E-state index contributed by atoms with van der Waals surface area (Å²) in [6.07, 6.45) is 1.96. The molecule has 2 nitrogen and oxygen atoms in total. The Morgan fingerprint density at radius 3 is 2.50 bits per heavy atom. The number of fused-ring (bicyclic) bond motifs is 1. The van der Waals surface area contributed by atoms with Crippen LogP contribution in [0.4, 0.5) is 0 Å². The predicted octanol–water partition coefficient (Wildman–Crippen LogP) is 4.62. The van der Waals surface area contributed by atoms with Crippen LogP contribution in [0.5, 0.6) is 0 Å². The molecular formula is C14H10Cl2N2. The van der Waals surface area contributed by atoms with Crippen LogP contribution in [0.2, 0.25) is 10.0 Å². The maximum Gasteiger partial charge on any atom is 0.156 e. The Kier molecular flexibility index (Phi) is 2.77. The molecule has 0 atom stereocenters. The van der Waals surface area contributed by atoms with E-state index in [2.05, 4.69) is 4.98 Å². The van der Waals surface area contributed by atoms with Gasteiger partial charge in [-0.15, -0.1) is 0 Å². The molecule has 0 saturated carbocycles. The van der Waals surface area contributed by atoms with Crippen molar-refractivity contribution in [3.63, 3.8) is 0 Å². The van der Waals surface area contributed by atoms with Crippen LogP contribution in [0.15, 0.2) is 42.6 Å². The third-order valence-corrected chi connectivity index (χ3v) is 3.44. The van der Waals surface area contributed by atoms with Crippen molar-refractivity contribution in [2.45, 2.75) is 6.92 Å². The number of halogens is 2. The van der Waals surface area contributed by atoms with Gasteiger partial charge in [0.2, 0.25) is 0 Å². The van der Waals surface area contributed by atoms with E-state index in [9.17, 15) is 0 Å². The van der Waals surface area contributed by atoms with Gasteiger partial charge >= 0.3 is 0 Å². The van der Waals surface area contributed by atoms with Crippen LogP contribution in [-0.2, 0) is 0 Å². The van der Waals surface area contributed by atoms with Gasteiger partial charge in [-0.2, -0.15) is 0 Å². The van der Waals surface area contributed by atoms with E-state index in [1.54, 1.807) is 0 Å². The maximum absolute atomic E-state index is 6.15. The summed E-state index contributed by atoms with van der Waals surface area (Å²) in [6.45, 7) is 1.98. The number of hydrogen-bond acceptors (Lipinski definition) is 1. The molecule has 0 radical (unpaired) electrons. The predicted molar refractivity (Wildman–Crippen MR) is 75.4 cm³/mol. The Labute approximate surface area is 115 Å². The smallest absolute Gasteiger partial charge is 0.156 e. The molecular weight excluding hydrogens is 267 g/mol. The fourth-order valence-electron chi connectivity index (χ4n) is 2.10. The molecule has 4 heteroatoms. The zero-order valence-electron chi connectivity index (χ0n) is 9.69. The van der Waals surface area contributed by atoms with Crippen molar-refractivity contribution in [1.29, 1.82) is 0 Å². The van der Waals surface area contributed by atoms with Crippen LogP contribution in [0.25, 0.3) is 16.9 Å². The summed E-state index contributed by atoms with van der Waals surface area (Å²) in [7, 11) is 0. The van der Waals surface area contributed by atoms with Crippen molar-refractivity contribution >= 4 is 28.8 Å². The van der Waals surface area contributed by atoms with Crippen molar-refractivity contribution in [1.82, 2.24) is 9.38 Å². The minimum absolute atomic E-state index is 0.654. The van der Waals surface area contributed by atoms with E-state index < -0.39 is 0 Å². The highest BCUT2D eigenvalue weighted by Crippen LogP contribution is 2.28. The second kappa shape index (κ2) is 4.30. The second-order valence-corrected chi connectivity index (χ2v) is 4.95. The van der Waals surface area contributed by atoms with E-state index in [0.29, 0.717) is 5.02 Å². The molecule has 0 saturated heterocycles. The van der Waals surface area contributed by atoms with E-state index in [4.69, 9.17) is 23.2 Å². The number of rotatable bonds is 1. The summed E-state index contributed by atoms with van der Waals surface area (Å²) in [5.74, 6) is 0. The number of hydrogen-bond donors (Lipinski definition) is 0. The molecule has 3 aromatic rings. The maximum atomic E-state index is 6.15. The van der Waals surface area contributed by atoms with E-state index in [1.165, 1.54) is 0 Å². The Balaban J connectivity index is 2.32. The first-order valence-corrected chi connectivity index (χ1v) is 6.31. The van der Waals surface area contributed by atoms with Crippen LogP contribution >= 0.6 is 23.2 Å². The summed E-state index contributed by atoms with van der Waals surface area (Å²) >= 11 is 12.1. The molecule has 2 heterocycles. The summed E-state index contributed by atoms with van der Waals surface area (Å²) in [6, 6.07) is 11.5. The van der Waals surface area contributed by atoms with Gasteiger partial charge in [0.05, 0.1) is 16.4 Å². The summed E-state index contributed by atoms with van der Waals surface area (Å²) in [5, 5.41) is 1.38. The summed E-state index contributed by atoms with van der Waals surface area (Å²) < 4.78 is 2.00. The molecule has 0 aliphatic rings. The van der Waals surface area contributed by atoms with Crippen LogP contribution in [0.3, 0.4) is 0 Å². The molecule has 0 amide bonds. The quantitative estimate of drug-likeness (QED) is 0.634. The molecule has 0 bridgehead atoms. The molecule has 0 aliphatic carbocycles. The Bertz CT molecular complexity index is 714. The second-order valence-electron chi connectivity index (χ2n) is 4.10. The first kappa shape index (κ1) is 11.6. The molecule has 0 fully saturated rings. The molecule has 0 aliphatic heterocycles. The Morgan fingerprint density at radius 2 is 1.78 bits per heavy atom. The largest absolute Gasteiger partial charge is 0.298 e. The molecule has 18 heavy (non-hydrogen) atoms. The minimum atomic E-state index is 0.654. The third kappa shape index (κ3) is 1.78. The fraction of sp³-hybridized carbons (Fsp3) is 0.0714. The van der Waals surface area contributed by atoms with Crippen LogP contribution in [-0.4, -0.2) is 9.38 Å². The number of benzene rings is 1. The van der Waals surface area contributed by atoms with Crippen LogP contribution in [0, 0.1) is 6.92 Å². The average molecular weight is 277 g/mol. The fourth-order valence-corrected chi connectivity index (χ4v) is 2.44. The van der Waals surface area contributed by atoms with Crippen molar-refractivity contribution in [2.75, 3.05) is 0 Å². The third-order valence-electron chi connectivity index (χ3n) is 2.89. The standard InChI is InChI=1S/C14H10Cl2N2/c1-9-13(10-4-6-11(15)7-5-10)18-8-2-3-12(16)14(18)17-9/h2-8H,1H3. The summed E-state index contributed by atoms with van der Waals surface area (Å²) in [4.78, 5) is 4.51. The lowest BCUT2D eigenvalue weighted by atomic mass is 10.1. The highest BCUT2D eigenvalue weighted by Gasteiger charge is 2.12. The molecule has 2 aromatic heterocycles. The van der Waals surface area contributed by atoms with Crippen LogP contribution in [0.1, 0.15) is 5.69 Å². The molecule has 0 unspecified atom stereocenters. The number of pyridine rings is 1. The Hall–Kier alpha value is -1.51. The lowest BCUT2D eigenvalue weighted by Crippen LogP contribution is -1.88. The highest BCUT2D eigenvalue weighted by atomic mass is 35.5. The van der Waals surface area contributed by atoms with Gasteiger partial charge in [-0.25, -0.2) is 4.98 Å². The SMILES string of the molecule is Cc1nc2c(Cl)cccn2c1-c1ccc(Cl)cc1. The van der Waals surface area contributed by atoms with Gasteiger partial charge in [-0.05, 0) is 31.2 Å². The minimum Gasteiger partial charge on any atom is -0.298 e. The molecule has 0 N–H and O–H groups in total. The van der Waals surface area contributed by atoms with Crippen LogP contribution < -0.4 is 0 Å². The average Bonchev–Trinajstić information content (AvgIpc) is 2.69. The lowest BCUT2D eigenvalue weighted by Gasteiger charge is -2.03. The van der Waals surface area contributed by atoms with Gasteiger partial charge in [-0.1, -0.05) is 35.3 Å². The number of imidazole rings is 1. The summed E-state index contributed by atoms with van der Waals surface area (Å²) in [5.41, 5.74) is 3.85. The molecule has 1 aromatic carbocycles. The molecule has 0 spiro atoms. The number of nitrogens with zero attached hydrogens (tertiary/aromatic N) is 2. The van der Waals surface area contributed by atoms with Gasteiger partial charge in [0.1, 0.15) is 0 Å². The lowest BCUT2D eigenvalue weighted by molar-refractivity contribution is 1.19. The molecule has 3 rings (SSSR count). The number of aryl methyl sites for hydroxylation is 1. The highest BCUT2D eigenvalue weighted by molar-refractivity contribution is 6.33. The van der Waals surface area contributed by atoms with E-state index >= 15 is 0 Å². The van der Waals surface area contributed by atoms with Gasteiger partial charge < -0.3 is 0 Å². The first-order chi connectivity index (χ1) is 8.66. The monoisotopic (exact) mass is 276 g/mol. The topological polar surface area (TPSA) is 17.3 Å².